The van der Waals surface area contributed by atoms with Crippen LogP contribution in [0.15, 0.2) is 0 Å². The molecular formula is C16H30N2O2. The first-order chi connectivity index (χ1) is 9.67. The van der Waals surface area contributed by atoms with Gasteiger partial charge in [0.1, 0.15) is 0 Å². The summed E-state index contributed by atoms with van der Waals surface area (Å²) in [6, 6.07) is 0.533. The Kier molecular flexibility index (Phi) is 6.30. The van der Waals surface area contributed by atoms with E-state index < -0.39 is 0 Å². The maximum absolute atomic E-state index is 11.4. The fraction of sp³-hybridized carbons (Fsp3) is 0.938. The van der Waals surface area contributed by atoms with Crippen molar-refractivity contribution in [3.63, 3.8) is 0 Å². The fourth-order valence-corrected chi connectivity index (χ4v) is 3.78. The minimum atomic E-state index is -0.0728. The number of esters is 1. The smallest absolute Gasteiger partial charge is 0.305 e. The van der Waals surface area contributed by atoms with E-state index in [1.165, 1.54) is 39.2 Å². The molecule has 1 aliphatic carbocycles. The minimum Gasteiger partial charge on any atom is -0.469 e. The molecule has 2 fully saturated rings. The number of nitrogens with zero attached hydrogens (tertiary/aromatic N) is 1. The third kappa shape index (κ3) is 5.06. The van der Waals surface area contributed by atoms with Gasteiger partial charge in [0.15, 0.2) is 0 Å². The summed E-state index contributed by atoms with van der Waals surface area (Å²) >= 11 is 0. The average molecular weight is 282 g/mol. The van der Waals surface area contributed by atoms with E-state index in [9.17, 15) is 4.79 Å². The third-order valence-corrected chi connectivity index (χ3v) is 4.82. The predicted octanol–water partition coefficient (Wildman–Crippen LogP) is 2.04. The van der Waals surface area contributed by atoms with Crippen LogP contribution in [0.25, 0.3) is 0 Å². The normalized spacial score (nSPS) is 29.3. The lowest BCUT2D eigenvalue weighted by molar-refractivity contribution is -0.142. The zero-order chi connectivity index (χ0) is 14.4. The quantitative estimate of drug-likeness (QED) is 0.784. The Morgan fingerprint density at radius 2 is 1.95 bits per heavy atom. The Balaban J connectivity index is 1.74. The van der Waals surface area contributed by atoms with Crippen LogP contribution in [0.1, 0.15) is 44.9 Å². The number of likely N-dealkylation sites (tertiary alicyclic amines) is 1. The molecule has 0 aromatic rings. The second-order valence-corrected chi connectivity index (χ2v) is 6.71. The van der Waals surface area contributed by atoms with Gasteiger partial charge in [-0.2, -0.15) is 0 Å². The second-order valence-electron chi connectivity index (χ2n) is 6.71. The number of likely N-dealkylation sites (N-methyl/N-ethyl adjacent to an activating group) is 1. The van der Waals surface area contributed by atoms with Crippen LogP contribution in [-0.4, -0.2) is 50.7 Å². The van der Waals surface area contributed by atoms with Gasteiger partial charge in [-0.3, -0.25) is 4.79 Å². The number of ether oxygens (including phenoxy) is 1. The summed E-state index contributed by atoms with van der Waals surface area (Å²) in [6.45, 7) is 3.27. The van der Waals surface area contributed by atoms with Gasteiger partial charge in [0, 0.05) is 25.6 Å². The highest BCUT2D eigenvalue weighted by molar-refractivity contribution is 5.69. The molecule has 116 valence electrons. The summed E-state index contributed by atoms with van der Waals surface area (Å²) in [5.74, 6) is 1.23. The van der Waals surface area contributed by atoms with E-state index in [2.05, 4.69) is 17.3 Å². The summed E-state index contributed by atoms with van der Waals surface area (Å²) in [7, 11) is 3.63. The average Bonchev–Trinajstić information content (AvgIpc) is 2.45. The highest BCUT2D eigenvalue weighted by atomic mass is 16.5. The van der Waals surface area contributed by atoms with Crippen LogP contribution in [0, 0.1) is 11.8 Å². The molecule has 0 aromatic heterocycles. The molecule has 4 heteroatoms. The summed E-state index contributed by atoms with van der Waals surface area (Å²) in [4.78, 5) is 13.8. The molecule has 2 atom stereocenters. The SMILES string of the molecule is COC(=O)CC1CC(NCC2CCCCC2)CN(C)C1. The molecule has 1 N–H and O–H groups in total. The van der Waals surface area contributed by atoms with Crippen molar-refractivity contribution in [1.82, 2.24) is 10.2 Å². The molecule has 1 saturated heterocycles. The van der Waals surface area contributed by atoms with Crippen molar-refractivity contribution in [2.45, 2.75) is 51.0 Å². The van der Waals surface area contributed by atoms with Crippen molar-refractivity contribution < 1.29 is 9.53 Å². The Morgan fingerprint density at radius 3 is 2.65 bits per heavy atom. The topological polar surface area (TPSA) is 41.6 Å². The van der Waals surface area contributed by atoms with E-state index in [1.54, 1.807) is 0 Å². The fourth-order valence-electron chi connectivity index (χ4n) is 3.78. The number of carbonyl (C=O) groups is 1. The lowest BCUT2D eigenvalue weighted by Crippen LogP contribution is -2.49. The number of carbonyl (C=O) groups excluding carboxylic acids is 1. The van der Waals surface area contributed by atoms with Crippen molar-refractivity contribution in [2.75, 3.05) is 33.8 Å². The Labute approximate surface area is 123 Å². The molecule has 0 radical (unpaired) electrons. The zero-order valence-electron chi connectivity index (χ0n) is 13.1. The number of nitrogens with one attached hydrogen (secondary N) is 1. The molecule has 2 aliphatic rings. The molecule has 0 bridgehead atoms. The molecule has 0 spiro atoms. The molecule has 1 heterocycles. The van der Waals surface area contributed by atoms with Crippen molar-refractivity contribution >= 4 is 5.97 Å². The van der Waals surface area contributed by atoms with Crippen molar-refractivity contribution in [1.29, 1.82) is 0 Å². The Bertz CT molecular complexity index is 303. The third-order valence-electron chi connectivity index (χ3n) is 4.82. The Morgan fingerprint density at radius 1 is 1.20 bits per heavy atom. The summed E-state index contributed by atoms with van der Waals surface area (Å²) in [5.41, 5.74) is 0. The first-order valence-electron chi connectivity index (χ1n) is 8.16. The van der Waals surface area contributed by atoms with E-state index in [4.69, 9.17) is 4.74 Å². The van der Waals surface area contributed by atoms with E-state index >= 15 is 0 Å². The lowest BCUT2D eigenvalue weighted by atomic mass is 9.88. The van der Waals surface area contributed by atoms with Gasteiger partial charge in [-0.05, 0) is 44.7 Å². The number of hydrogen-bond acceptors (Lipinski definition) is 4. The van der Waals surface area contributed by atoms with Crippen LogP contribution < -0.4 is 5.32 Å². The van der Waals surface area contributed by atoms with Crippen molar-refractivity contribution in [3.8, 4) is 0 Å². The molecule has 0 amide bonds. The van der Waals surface area contributed by atoms with Gasteiger partial charge >= 0.3 is 5.97 Å². The molecule has 1 aliphatic heterocycles. The molecule has 2 unspecified atom stereocenters. The second kappa shape index (κ2) is 7.99. The van der Waals surface area contributed by atoms with Crippen LogP contribution in [0.3, 0.4) is 0 Å². The highest BCUT2D eigenvalue weighted by Gasteiger charge is 2.27. The van der Waals surface area contributed by atoms with Gasteiger partial charge in [0.2, 0.25) is 0 Å². The summed E-state index contributed by atoms with van der Waals surface area (Å²) < 4.78 is 4.80. The number of methoxy groups -OCH3 is 1. The number of rotatable bonds is 5. The molecular weight excluding hydrogens is 252 g/mol. The molecule has 4 nitrogen and oxygen atoms in total. The van der Waals surface area contributed by atoms with Gasteiger partial charge in [-0.15, -0.1) is 0 Å². The number of piperidine rings is 1. The summed E-state index contributed by atoms with van der Waals surface area (Å²) in [6.07, 6.45) is 8.67. The van der Waals surface area contributed by atoms with Gasteiger partial charge in [-0.1, -0.05) is 19.3 Å². The minimum absolute atomic E-state index is 0.0728. The maximum Gasteiger partial charge on any atom is 0.305 e. The number of hydrogen-bond donors (Lipinski definition) is 1. The summed E-state index contributed by atoms with van der Waals surface area (Å²) in [5, 5.41) is 3.75. The van der Waals surface area contributed by atoms with E-state index in [-0.39, 0.29) is 5.97 Å². The van der Waals surface area contributed by atoms with E-state index in [1.807, 2.05) is 0 Å². The molecule has 2 rings (SSSR count). The van der Waals surface area contributed by atoms with E-state index in [0.29, 0.717) is 18.4 Å². The lowest BCUT2D eigenvalue weighted by Gasteiger charge is -2.36. The zero-order valence-corrected chi connectivity index (χ0v) is 13.1. The monoisotopic (exact) mass is 282 g/mol. The first kappa shape index (κ1) is 15.8. The van der Waals surface area contributed by atoms with E-state index in [0.717, 1.165) is 32.0 Å². The maximum atomic E-state index is 11.4. The van der Waals surface area contributed by atoms with Crippen LogP contribution in [-0.2, 0) is 9.53 Å². The molecule has 1 saturated carbocycles. The largest absolute Gasteiger partial charge is 0.469 e. The molecule has 0 aromatic carbocycles. The van der Waals surface area contributed by atoms with Crippen molar-refractivity contribution in [2.24, 2.45) is 11.8 Å². The van der Waals surface area contributed by atoms with Crippen LogP contribution in [0.5, 0.6) is 0 Å². The van der Waals surface area contributed by atoms with Gasteiger partial charge < -0.3 is 15.0 Å². The first-order valence-corrected chi connectivity index (χ1v) is 8.16. The van der Waals surface area contributed by atoms with Crippen molar-refractivity contribution in [3.05, 3.63) is 0 Å². The highest BCUT2D eigenvalue weighted by Crippen LogP contribution is 2.24. The van der Waals surface area contributed by atoms with Gasteiger partial charge in [0.05, 0.1) is 7.11 Å². The van der Waals surface area contributed by atoms with Crippen LogP contribution in [0.4, 0.5) is 0 Å². The van der Waals surface area contributed by atoms with Crippen LogP contribution in [0.2, 0.25) is 0 Å². The standard InChI is InChI=1S/C16H30N2O2/c1-18-11-14(9-16(19)20-2)8-15(12-18)17-10-13-6-4-3-5-7-13/h13-15,17H,3-12H2,1-2H3. The van der Waals surface area contributed by atoms with Crippen LogP contribution >= 0.6 is 0 Å². The van der Waals surface area contributed by atoms with Gasteiger partial charge in [-0.25, -0.2) is 0 Å². The Hall–Kier alpha value is -0.610. The van der Waals surface area contributed by atoms with Gasteiger partial charge in [0.25, 0.3) is 0 Å². The predicted molar refractivity (Wildman–Crippen MR) is 80.6 cm³/mol. The molecule has 20 heavy (non-hydrogen) atoms.